The average Bonchev–Trinajstić information content (AvgIpc) is 3.91. The van der Waals surface area contributed by atoms with Crippen molar-refractivity contribution in [1.29, 1.82) is 0 Å². The van der Waals surface area contributed by atoms with Gasteiger partial charge in [-0.1, -0.05) is 170 Å². The molecular formula is C60H40N2O. The molecule has 12 aromatic rings. The van der Waals surface area contributed by atoms with Crippen molar-refractivity contribution in [1.82, 2.24) is 4.57 Å². The van der Waals surface area contributed by atoms with E-state index < -0.39 is 0 Å². The first kappa shape index (κ1) is 36.5. The molecular weight excluding hydrogens is 765 g/mol. The van der Waals surface area contributed by atoms with Gasteiger partial charge in [-0.2, -0.15) is 0 Å². The average molecular weight is 805 g/mol. The molecule has 0 saturated carbocycles. The first-order valence-electron chi connectivity index (χ1n) is 21.5. The molecule has 12 rings (SSSR count). The van der Waals surface area contributed by atoms with E-state index in [0.717, 1.165) is 72.5 Å². The fourth-order valence-electron chi connectivity index (χ4n) is 9.34. The Hall–Kier alpha value is -8.40. The predicted molar refractivity (Wildman–Crippen MR) is 264 cm³/mol. The van der Waals surface area contributed by atoms with E-state index in [2.05, 4.69) is 246 Å². The quantitative estimate of drug-likeness (QED) is 0.153. The molecule has 63 heavy (non-hydrogen) atoms. The Morgan fingerprint density at radius 2 is 0.810 bits per heavy atom. The van der Waals surface area contributed by atoms with E-state index in [0.29, 0.717) is 0 Å². The maximum atomic E-state index is 6.52. The lowest BCUT2D eigenvalue weighted by Crippen LogP contribution is -2.10. The molecule has 0 saturated heterocycles. The fourth-order valence-corrected chi connectivity index (χ4v) is 9.34. The van der Waals surface area contributed by atoms with Gasteiger partial charge in [-0.05, 0) is 112 Å². The van der Waals surface area contributed by atoms with Gasteiger partial charge in [-0.25, -0.2) is 0 Å². The topological polar surface area (TPSA) is 21.3 Å². The van der Waals surface area contributed by atoms with Crippen molar-refractivity contribution in [2.75, 3.05) is 4.90 Å². The van der Waals surface area contributed by atoms with E-state index in [1.54, 1.807) is 0 Å². The van der Waals surface area contributed by atoms with Gasteiger partial charge >= 0.3 is 0 Å². The van der Waals surface area contributed by atoms with Gasteiger partial charge < -0.3 is 13.9 Å². The van der Waals surface area contributed by atoms with E-state index >= 15 is 0 Å². The number of benzene rings is 10. The highest BCUT2D eigenvalue weighted by Crippen LogP contribution is 2.42. The lowest BCUT2D eigenvalue weighted by molar-refractivity contribution is 0.670. The molecule has 0 fully saturated rings. The molecule has 0 bridgehead atoms. The molecule has 0 atom stereocenters. The van der Waals surface area contributed by atoms with Crippen LogP contribution in [0.25, 0.3) is 93.9 Å². The van der Waals surface area contributed by atoms with Crippen LogP contribution in [0.4, 0.5) is 17.1 Å². The first-order valence-corrected chi connectivity index (χ1v) is 21.5. The zero-order valence-corrected chi connectivity index (χ0v) is 34.4. The van der Waals surface area contributed by atoms with Gasteiger partial charge in [0.05, 0.1) is 11.0 Å². The molecule has 2 aromatic heterocycles. The summed E-state index contributed by atoms with van der Waals surface area (Å²) in [6.45, 7) is 0. The molecule has 296 valence electrons. The highest BCUT2D eigenvalue weighted by Gasteiger charge is 2.19. The smallest absolute Gasteiger partial charge is 0.143 e. The number of hydrogen-bond donors (Lipinski definition) is 0. The number of fused-ring (bicyclic) bond motifs is 6. The van der Waals surface area contributed by atoms with Gasteiger partial charge in [0.2, 0.25) is 0 Å². The summed E-state index contributed by atoms with van der Waals surface area (Å²) in [7, 11) is 0. The predicted octanol–water partition coefficient (Wildman–Crippen LogP) is 16.8. The summed E-state index contributed by atoms with van der Waals surface area (Å²) in [6.07, 6.45) is 0. The molecule has 2 heterocycles. The molecule has 3 nitrogen and oxygen atoms in total. The molecule has 0 aliphatic carbocycles. The van der Waals surface area contributed by atoms with Crippen molar-refractivity contribution in [2.24, 2.45) is 0 Å². The lowest BCUT2D eigenvalue weighted by Gasteiger charge is -2.26. The number of anilines is 3. The number of rotatable bonds is 8. The second kappa shape index (κ2) is 15.3. The van der Waals surface area contributed by atoms with E-state index in [4.69, 9.17) is 4.42 Å². The number of nitrogens with zero attached hydrogens (tertiary/aromatic N) is 2. The van der Waals surface area contributed by atoms with Crippen LogP contribution in [0.2, 0.25) is 0 Å². The third-order valence-corrected chi connectivity index (χ3v) is 12.4. The summed E-state index contributed by atoms with van der Waals surface area (Å²) in [5.41, 5.74) is 17.8. The highest BCUT2D eigenvalue weighted by molar-refractivity contribution is 6.11. The molecule has 0 aliphatic rings. The van der Waals surface area contributed by atoms with E-state index in [1.165, 1.54) is 38.5 Å². The summed E-state index contributed by atoms with van der Waals surface area (Å²) in [4.78, 5) is 2.37. The van der Waals surface area contributed by atoms with Crippen molar-refractivity contribution in [3.05, 3.63) is 243 Å². The SMILES string of the molecule is c1ccc(-c2cccc(-c3ccc(N(c4ccc(-c5ccc6oc7c(-c8ccccc8)cccc7c6c5)cc4)c4ccc5c6ccccc6n(-c6ccccc6)c5c4)cc3)c2)cc1. The fraction of sp³-hybridized carbons (Fsp3) is 0. The number of para-hydroxylation sites is 3. The number of furan rings is 1. The Balaban J connectivity index is 0.965. The Morgan fingerprint density at radius 1 is 0.302 bits per heavy atom. The van der Waals surface area contributed by atoms with Crippen LogP contribution in [0, 0.1) is 0 Å². The lowest BCUT2D eigenvalue weighted by atomic mass is 9.98. The minimum Gasteiger partial charge on any atom is -0.455 e. The molecule has 0 radical (unpaired) electrons. The third kappa shape index (κ3) is 6.46. The molecule has 0 unspecified atom stereocenters. The molecule has 0 N–H and O–H groups in total. The minimum atomic E-state index is 0.887. The highest BCUT2D eigenvalue weighted by atomic mass is 16.3. The minimum absolute atomic E-state index is 0.887. The van der Waals surface area contributed by atoms with Crippen LogP contribution in [0.15, 0.2) is 247 Å². The van der Waals surface area contributed by atoms with Crippen molar-refractivity contribution in [2.45, 2.75) is 0 Å². The van der Waals surface area contributed by atoms with Gasteiger partial charge in [0.25, 0.3) is 0 Å². The van der Waals surface area contributed by atoms with Gasteiger partial charge in [0.1, 0.15) is 11.2 Å². The van der Waals surface area contributed by atoms with Crippen molar-refractivity contribution < 1.29 is 4.42 Å². The number of aromatic nitrogens is 1. The van der Waals surface area contributed by atoms with Gasteiger partial charge in [0, 0.05) is 49.9 Å². The summed E-state index contributed by atoms with van der Waals surface area (Å²) in [5.74, 6) is 0. The number of hydrogen-bond acceptors (Lipinski definition) is 2. The first-order chi connectivity index (χ1) is 31.2. The van der Waals surface area contributed by atoms with Crippen LogP contribution in [0.1, 0.15) is 0 Å². The van der Waals surface area contributed by atoms with Crippen molar-refractivity contribution in [3.8, 4) is 50.2 Å². The zero-order valence-electron chi connectivity index (χ0n) is 34.4. The standard InChI is InChI=1S/C60H40N2O/c1-4-14-41(15-5-1)45-18-12-19-46(38-45)42-26-31-49(32-27-42)61(51-35-36-54-53-22-10-11-25-57(53)62(58(54)40-51)48-20-8-3-9-21-48)50-33-28-43(29-34-50)47-30-37-59-56(39-47)55-24-13-23-52(60(55)63-59)44-16-6-2-7-17-44/h1-40H. The maximum Gasteiger partial charge on any atom is 0.143 e. The maximum absolute atomic E-state index is 6.52. The second-order valence-corrected chi connectivity index (χ2v) is 16.1. The molecule has 0 aliphatic heterocycles. The summed E-state index contributed by atoms with van der Waals surface area (Å²) < 4.78 is 8.90. The third-order valence-electron chi connectivity index (χ3n) is 12.4. The van der Waals surface area contributed by atoms with Crippen LogP contribution in [-0.2, 0) is 0 Å². The Kier molecular flexibility index (Phi) is 8.83. The Bertz CT molecular complexity index is 3590. The van der Waals surface area contributed by atoms with E-state index in [-0.39, 0.29) is 0 Å². The van der Waals surface area contributed by atoms with Gasteiger partial charge in [0.15, 0.2) is 0 Å². The molecule has 3 heteroatoms. The molecule has 10 aromatic carbocycles. The monoisotopic (exact) mass is 804 g/mol. The summed E-state index contributed by atoms with van der Waals surface area (Å²) in [6, 6.07) is 87.0. The van der Waals surface area contributed by atoms with Crippen LogP contribution >= 0.6 is 0 Å². The van der Waals surface area contributed by atoms with Crippen LogP contribution in [-0.4, -0.2) is 4.57 Å². The normalized spacial score (nSPS) is 11.5. The van der Waals surface area contributed by atoms with Crippen LogP contribution < -0.4 is 4.90 Å². The molecule has 0 amide bonds. The van der Waals surface area contributed by atoms with E-state index in [9.17, 15) is 0 Å². The van der Waals surface area contributed by atoms with Gasteiger partial charge in [-0.15, -0.1) is 0 Å². The Labute approximate surface area is 366 Å². The summed E-state index contributed by atoms with van der Waals surface area (Å²) in [5, 5.41) is 4.69. The molecule has 0 spiro atoms. The van der Waals surface area contributed by atoms with Crippen LogP contribution in [0.3, 0.4) is 0 Å². The van der Waals surface area contributed by atoms with Crippen molar-refractivity contribution in [3.63, 3.8) is 0 Å². The van der Waals surface area contributed by atoms with Crippen molar-refractivity contribution >= 4 is 60.8 Å². The largest absolute Gasteiger partial charge is 0.455 e. The summed E-state index contributed by atoms with van der Waals surface area (Å²) >= 11 is 0. The second-order valence-electron chi connectivity index (χ2n) is 16.1. The van der Waals surface area contributed by atoms with Crippen LogP contribution in [0.5, 0.6) is 0 Å². The zero-order chi connectivity index (χ0) is 41.7. The van der Waals surface area contributed by atoms with Gasteiger partial charge in [-0.3, -0.25) is 0 Å². The Morgan fingerprint density at radius 3 is 1.51 bits per heavy atom. The van der Waals surface area contributed by atoms with E-state index in [1.807, 2.05) is 6.07 Å².